The van der Waals surface area contributed by atoms with Crippen molar-refractivity contribution in [3.8, 4) is 0 Å². The molecule has 0 radical (unpaired) electrons. The van der Waals surface area contributed by atoms with Crippen LogP contribution in [0.5, 0.6) is 0 Å². The molecule has 1 saturated carbocycles. The molecule has 140 valence electrons. The minimum Gasteiger partial charge on any atom is -0.371 e. The number of amides is 2. The summed E-state index contributed by atoms with van der Waals surface area (Å²) < 4.78 is 0. The van der Waals surface area contributed by atoms with Gasteiger partial charge in [-0.15, -0.1) is 0 Å². The molecule has 2 amide bonds. The number of hydrogen-bond donors (Lipinski definition) is 2. The Kier molecular flexibility index (Phi) is 4.85. The van der Waals surface area contributed by atoms with Crippen LogP contribution in [-0.4, -0.2) is 48.9 Å². The molecule has 0 aromatic heterocycles. The van der Waals surface area contributed by atoms with Crippen LogP contribution in [-0.2, 0) is 4.79 Å². The van der Waals surface area contributed by atoms with Gasteiger partial charge in [0.25, 0.3) is 5.91 Å². The highest BCUT2D eigenvalue weighted by Gasteiger charge is 2.30. The molecule has 6 nitrogen and oxygen atoms in total. The van der Waals surface area contributed by atoms with Crippen LogP contribution >= 0.6 is 0 Å². The molecule has 2 heterocycles. The maximum Gasteiger partial charge on any atom is 0.255 e. The van der Waals surface area contributed by atoms with Gasteiger partial charge in [0, 0.05) is 43.8 Å². The number of carbonyl (C=O) groups excluding carboxylic acids is 2. The third-order valence-corrected chi connectivity index (χ3v) is 5.72. The maximum absolute atomic E-state index is 13.1. The van der Waals surface area contributed by atoms with Gasteiger partial charge in [-0.1, -0.05) is 0 Å². The van der Waals surface area contributed by atoms with Crippen molar-refractivity contribution in [2.45, 2.75) is 44.6 Å². The molecular formula is C20H28N4O2. The monoisotopic (exact) mass is 356 g/mol. The van der Waals surface area contributed by atoms with E-state index in [-0.39, 0.29) is 23.8 Å². The van der Waals surface area contributed by atoms with E-state index in [0.717, 1.165) is 81.6 Å². The number of nitrogens with two attached hydrogens (primary N) is 1. The Morgan fingerprint density at radius 1 is 1.00 bits per heavy atom. The van der Waals surface area contributed by atoms with Crippen molar-refractivity contribution >= 4 is 23.2 Å². The van der Waals surface area contributed by atoms with Gasteiger partial charge in [-0.2, -0.15) is 0 Å². The van der Waals surface area contributed by atoms with E-state index in [1.807, 2.05) is 23.1 Å². The lowest BCUT2D eigenvalue weighted by molar-refractivity contribution is -0.117. The van der Waals surface area contributed by atoms with Crippen molar-refractivity contribution in [3.05, 3.63) is 23.8 Å². The quantitative estimate of drug-likeness (QED) is 0.867. The molecule has 1 aliphatic carbocycles. The zero-order chi connectivity index (χ0) is 18.1. The van der Waals surface area contributed by atoms with E-state index >= 15 is 0 Å². The van der Waals surface area contributed by atoms with E-state index < -0.39 is 0 Å². The Morgan fingerprint density at radius 3 is 2.35 bits per heavy atom. The summed E-state index contributed by atoms with van der Waals surface area (Å²) in [5.41, 5.74) is 8.46. The number of likely N-dealkylation sites (tertiary alicyclic amines) is 1. The Labute approximate surface area is 154 Å². The zero-order valence-electron chi connectivity index (χ0n) is 15.2. The van der Waals surface area contributed by atoms with Gasteiger partial charge in [0.15, 0.2) is 0 Å². The number of rotatable bonds is 4. The van der Waals surface area contributed by atoms with Crippen LogP contribution in [0.1, 0.15) is 48.9 Å². The highest BCUT2D eigenvalue weighted by atomic mass is 16.2. The van der Waals surface area contributed by atoms with E-state index in [1.165, 1.54) is 0 Å². The Balaban J connectivity index is 1.57. The molecular weight excluding hydrogens is 328 g/mol. The number of nitrogens with one attached hydrogen (secondary N) is 1. The first-order chi connectivity index (χ1) is 12.6. The van der Waals surface area contributed by atoms with Crippen LogP contribution in [0.3, 0.4) is 0 Å². The number of piperidine rings is 1. The van der Waals surface area contributed by atoms with Crippen molar-refractivity contribution < 1.29 is 9.59 Å². The number of anilines is 2. The highest BCUT2D eigenvalue weighted by molar-refractivity contribution is 6.02. The third kappa shape index (κ3) is 3.70. The van der Waals surface area contributed by atoms with Crippen LogP contribution < -0.4 is 16.0 Å². The SMILES string of the molecule is NC1CCN(C(=O)c2ccc(NC(=O)C3CC3)cc2N2CCCC2)CC1. The van der Waals surface area contributed by atoms with Gasteiger partial charge in [-0.3, -0.25) is 9.59 Å². The molecule has 2 saturated heterocycles. The second-order valence-electron chi connectivity index (χ2n) is 7.82. The summed E-state index contributed by atoms with van der Waals surface area (Å²) in [5, 5.41) is 3.01. The minimum absolute atomic E-state index is 0.0823. The molecule has 3 fully saturated rings. The standard InChI is InChI=1S/C20H28N4O2/c21-15-7-11-24(12-8-15)20(26)17-6-5-16(22-19(25)14-3-4-14)13-18(17)23-9-1-2-10-23/h5-6,13-15H,1-4,7-12,21H2,(H,22,25). The summed E-state index contributed by atoms with van der Waals surface area (Å²) in [6, 6.07) is 5.93. The molecule has 26 heavy (non-hydrogen) atoms. The summed E-state index contributed by atoms with van der Waals surface area (Å²) in [5.74, 6) is 0.351. The van der Waals surface area contributed by atoms with Gasteiger partial charge >= 0.3 is 0 Å². The normalized spacial score (nSPS) is 21.1. The Hall–Kier alpha value is -2.08. The van der Waals surface area contributed by atoms with E-state index in [1.54, 1.807) is 0 Å². The number of benzene rings is 1. The molecule has 1 aromatic carbocycles. The predicted octanol–water partition coefficient (Wildman–Crippen LogP) is 2.20. The van der Waals surface area contributed by atoms with Crippen LogP contribution in [0.25, 0.3) is 0 Å². The molecule has 0 spiro atoms. The predicted molar refractivity (Wildman–Crippen MR) is 102 cm³/mol. The summed E-state index contributed by atoms with van der Waals surface area (Å²) in [4.78, 5) is 29.4. The van der Waals surface area contributed by atoms with Crippen molar-refractivity contribution in [1.82, 2.24) is 4.90 Å². The molecule has 6 heteroatoms. The largest absolute Gasteiger partial charge is 0.371 e. The second-order valence-corrected chi connectivity index (χ2v) is 7.82. The van der Waals surface area contributed by atoms with Gasteiger partial charge in [0.1, 0.15) is 0 Å². The number of carbonyl (C=O) groups is 2. The average Bonchev–Trinajstić information content (AvgIpc) is 3.36. The summed E-state index contributed by atoms with van der Waals surface area (Å²) in [6.45, 7) is 3.37. The first-order valence-electron chi connectivity index (χ1n) is 9.86. The number of nitrogens with zero attached hydrogens (tertiary/aromatic N) is 2. The first-order valence-corrected chi connectivity index (χ1v) is 9.86. The average molecular weight is 356 g/mol. The smallest absolute Gasteiger partial charge is 0.255 e. The first kappa shape index (κ1) is 17.3. The van der Waals surface area contributed by atoms with Gasteiger partial charge in [-0.25, -0.2) is 0 Å². The van der Waals surface area contributed by atoms with Gasteiger partial charge in [0.2, 0.25) is 5.91 Å². The maximum atomic E-state index is 13.1. The molecule has 1 aromatic rings. The van der Waals surface area contributed by atoms with Crippen molar-refractivity contribution in [2.75, 3.05) is 36.4 Å². The van der Waals surface area contributed by atoms with Crippen LogP contribution in [0.2, 0.25) is 0 Å². The topological polar surface area (TPSA) is 78.7 Å². The fourth-order valence-corrected chi connectivity index (χ4v) is 3.87. The fourth-order valence-electron chi connectivity index (χ4n) is 3.87. The van der Waals surface area contributed by atoms with Gasteiger partial charge in [-0.05, 0) is 56.7 Å². The molecule has 4 rings (SSSR count). The Morgan fingerprint density at radius 2 is 1.69 bits per heavy atom. The lowest BCUT2D eigenvalue weighted by atomic mass is 10.0. The zero-order valence-corrected chi connectivity index (χ0v) is 15.2. The summed E-state index contributed by atoms with van der Waals surface area (Å²) in [7, 11) is 0. The van der Waals surface area contributed by atoms with Gasteiger partial charge < -0.3 is 20.9 Å². The minimum atomic E-state index is 0.0823. The summed E-state index contributed by atoms with van der Waals surface area (Å²) >= 11 is 0. The summed E-state index contributed by atoms with van der Waals surface area (Å²) in [6.07, 6.45) is 5.98. The van der Waals surface area contributed by atoms with Gasteiger partial charge in [0.05, 0.1) is 11.3 Å². The van der Waals surface area contributed by atoms with E-state index in [2.05, 4.69) is 10.2 Å². The lowest BCUT2D eigenvalue weighted by Gasteiger charge is -2.32. The van der Waals surface area contributed by atoms with Crippen molar-refractivity contribution in [3.63, 3.8) is 0 Å². The molecule has 0 unspecified atom stereocenters. The lowest BCUT2D eigenvalue weighted by Crippen LogP contribution is -2.43. The molecule has 3 aliphatic rings. The van der Waals surface area contributed by atoms with Crippen LogP contribution in [0, 0.1) is 5.92 Å². The third-order valence-electron chi connectivity index (χ3n) is 5.72. The molecule has 0 atom stereocenters. The molecule has 0 bridgehead atoms. The van der Waals surface area contributed by atoms with E-state index in [9.17, 15) is 9.59 Å². The van der Waals surface area contributed by atoms with Crippen molar-refractivity contribution in [1.29, 1.82) is 0 Å². The molecule has 2 aliphatic heterocycles. The molecule has 3 N–H and O–H groups in total. The Bertz CT molecular complexity index is 687. The van der Waals surface area contributed by atoms with Crippen LogP contribution in [0.15, 0.2) is 18.2 Å². The second kappa shape index (κ2) is 7.27. The highest BCUT2D eigenvalue weighted by Crippen LogP contribution is 2.33. The fraction of sp³-hybridized carbons (Fsp3) is 0.600. The van der Waals surface area contributed by atoms with Crippen molar-refractivity contribution in [2.24, 2.45) is 11.7 Å². The van der Waals surface area contributed by atoms with E-state index in [0.29, 0.717) is 0 Å². The van der Waals surface area contributed by atoms with E-state index in [4.69, 9.17) is 5.73 Å². The van der Waals surface area contributed by atoms with Crippen LogP contribution in [0.4, 0.5) is 11.4 Å². The number of hydrogen-bond acceptors (Lipinski definition) is 4.